The lowest BCUT2D eigenvalue weighted by atomic mass is 10.0. The van der Waals surface area contributed by atoms with Gasteiger partial charge in [0.05, 0.1) is 13.2 Å². The second-order valence-corrected chi connectivity index (χ2v) is 16.5. The van der Waals surface area contributed by atoms with Gasteiger partial charge in [-0.2, -0.15) is 0 Å². The van der Waals surface area contributed by atoms with Gasteiger partial charge in [0.15, 0.2) is 0 Å². The van der Waals surface area contributed by atoms with Gasteiger partial charge in [0.1, 0.15) is 12.1 Å². The zero-order valence-corrected chi connectivity index (χ0v) is 38.9. The van der Waals surface area contributed by atoms with Gasteiger partial charge in [-0.15, -0.1) is 0 Å². The number of aliphatic carboxylic acids is 1. The topological polar surface area (TPSA) is 142 Å². The van der Waals surface area contributed by atoms with Gasteiger partial charge in [-0.05, 0) is 83.5 Å². The maximum Gasteiger partial charge on any atom is 0.328 e. The molecule has 0 aliphatic heterocycles. The molecule has 0 aromatic heterocycles. The van der Waals surface area contributed by atoms with Crippen molar-refractivity contribution in [3.8, 4) is 0 Å². The minimum absolute atomic E-state index is 0.0204. The maximum absolute atomic E-state index is 12.8. The second kappa shape index (κ2) is 46.1. The highest BCUT2D eigenvalue weighted by Gasteiger charge is 2.19. The van der Waals surface area contributed by atoms with E-state index >= 15 is 0 Å². The first kappa shape index (κ1) is 57.5. The minimum atomic E-state index is -1.38. The van der Waals surface area contributed by atoms with E-state index in [2.05, 4.69) is 85.2 Å². The summed E-state index contributed by atoms with van der Waals surface area (Å²) in [4.78, 5) is 47.7. The van der Waals surface area contributed by atoms with Gasteiger partial charge < -0.3 is 25.6 Å². The number of allylic oxidation sites excluding steroid dienone is 10. The van der Waals surface area contributed by atoms with E-state index in [1.807, 2.05) is 0 Å². The van der Waals surface area contributed by atoms with Crippen molar-refractivity contribution in [3.05, 3.63) is 60.8 Å². The molecule has 9 nitrogen and oxygen atoms in total. The molecule has 2 atom stereocenters. The first-order valence-corrected chi connectivity index (χ1v) is 24.7. The SMILES string of the molecule is CC/C=C\C/C=C\C/C=C\C/C=C\C/C=C\CCCCCCCCCC(=O)OC(CCCCCCCCCCCC)CCCCCCCC(=O)NCC(=O)NC(CO)C(=O)O. The van der Waals surface area contributed by atoms with E-state index in [1.165, 1.54) is 89.9 Å². The van der Waals surface area contributed by atoms with Crippen molar-refractivity contribution in [1.82, 2.24) is 10.6 Å². The van der Waals surface area contributed by atoms with Crippen LogP contribution in [0.15, 0.2) is 60.8 Å². The number of carbonyl (C=O) groups is 4. The van der Waals surface area contributed by atoms with Crippen molar-refractivity contribution in [2.75, 3.05) is 13.2 Å². The van der Waals surface area contributed by atoms with E-state index in [-0.39, 0.29) is 24.5 Å². The van der Waals surface area contributed by atoms with Crippen LogP contribution >= 0.6 is 0 Å². The summed E-state index contributed by atoms with van der Waals surface area (Å²) in [6, 6.07) is -1.38. The molecular weight excluding hydrogens is 765 g/mol. The number of ether oxygens (including phenoxy) is 1. The van der Waals surface area contributed by atoms with E-state index in [0.717, 1.165) is 96.3 Å². The number of hydrogen-bond donors (Lipinski definition) is 4. The van der Waals surface area contributed by atoms with Crippen LogP contribution in [0, 0.1) is 0 Å². The number of carboxylic acids is 1. The Labute approximate surface area is 372 Å². The number of aliphatic hydroxyl groups excluding tert-OH is 1. The van der Waals surface area contributed by atoms with Gasteiger partial charge in [0.2, 0.25) is 11.8 Å². The third-order valence-corrected chi connectivity index (χ3v) is 10.8. The molecule has 0 aliphatic rings. The van der Waals surface area contributed by atoms with Crippen molar-refractivity contribution in [3.63, 3.8) is 0 Å². The summed E-state index contributed by atoms with van der Waals surface area (Å²) in [6.07, 6.45) is 56.8. The number of carboxylic acid groups (broad SMARTS) is 1. The van der Waals surface area contributed by atoms with Crippen molar-refractivity contribution >= 4 is 23.8 Å². The van der Waals surface area contributed by atoms with Crippen molar-refractivity contribution in [2.45, 2.75) is 231 Å². The van der Waals surface area contributed by atoms with Gasteiger partial charge in [-0.3, -0.25) is 14.4 Å². The molecule has 9 heteroatoms. The molecule has 0 bridgehead atoms. The number of rotatable bonds is 44. The van der Waals surface area contributed by atoms with Crippen LogP contribution in [0.4, 0.5) is 0 Å². The lowest BCUT2D eigenvalue weighted by Gasteiger charge is -2.18. The summed E-state index contributed by atoms with van der Waals surface area (Å²) in [5.74, 6) is -2.30. The van der Waals surface area contributed by atoms with E-state index in [1.54, 1.807) is 0 Å². The zero-order chi connectivity index (χ0) is 44.7. The van der Waals surface area contributed by atoms with Crippen molar-refractivity contribution in [2.24, 2.45) is 0 Å². The van der Waals surface area contributed by atoms with Crippen LogP contribution in [0.25, 0.3) is 0 Å². The normalized spacial score (nSPS) is 13.0. The number of esters is 1. The molecule has 0 rings (SSSR count). The van der Waals surface area contributed by atoms with Crippen LogP contribution in [0.5, 0.6) is 0 Å². The summed E-state index contributed by atoms with van der Waals surface area (Å²) in [7, 11) is 0. The first-order chi connectivity index (χ1) is 29.8. The van der Waals surface area contributed by atoms with Crippen molar-refractivity contribution in [1.29, 1.82) is 0 Å². The molecule has 0 aromatic carbocycles. The average Bonchev–Trinajstić information content (AvgIpc) is 3.25. The average molecular weight is 855 g/mol. The van der Waals surface area contributed by atoms with Crippen LogP contribution in [0.1, 0.15) is 219 Å². The molecule has 0 radical (unpaired) electrons. The standard InChI is InChI=1S/C52H90N2O7/c1-3-5-7-9-11-13-15-16-17-18-19-20-21-22-23-24-25-26-27-29-31-36-40-44-51(58)61-47(41-37-33-30-28-14-12-10-8-6-4-2)42-38-34-32-35-39-43-49(56)53-45-50(57)54-48(46-55)52(59)60/h5,7,11,13,16-17,19-20,22-23,47-48,55H,3-4,6,8-10,12,14-15,18,21,24-46H2,1-2H3,(H,53,56)(H,54,57)(H,59,60)/b7-5-,13-11-,17-16-,20-19-,23-22-. The molecule has 0 saturated heterocycles. The Morgan fingerprint density at radius 2 is 0.934 bits per heavy atom. The summed E-state index contributed by atoms with van der Waals surface area (Å²) in [5.41, 5.74) is 0. The lowest BCUT2D eigenvalue weighted by molar-refractivity contribution is -0.150. The molecule has 61 heavy (non-hydrogen) atoms. The van der Waals surface area contributed by atoms with E-state index in [0.29, 0.717) is 19.3 Å². The van der Waals surface area contributed by atoms with Crippen LogP contribution in [-0.2, 0) is 23.9 Å². The fourth-order valence-electron chi connectivity index (χ4n) is 7.04. The lowest BCUT2D eigenvalue weighted by Crippen LogP contribution is -2.47. The third-order valence-electron chi connectivity index (χ3n) is 10.8. The van der Waals surface area contributed by atoms with Crippen LogP contribution in [-0.4, -0.2) is 59.3 Å². The molecule has 4 N–H and O–H groups in total. The number of carbonyl (C=O) groups excluding carboxylic acids is 3. The maximum atomic E-state index is 12.8. The Morgan fingerprint density at radius 1 is 0.508 bits per heavy atom. The molecule has 0 fully saturated rings. The Balaban J connectivity index is 4.22. The third kappa shape index (κ3) is 43.0. The Bertz CT molecular complexity index is 1210. The van der Waals surface area contributed by atoms with Crippen molar-refractivity contribution < 1.29 is 34.1 Å². The predicted octanol–water partition coefficient (Wildman–Crippen LogP) is 12.9. The molecule has 0 aromatic rings. The van der Waals surface area contributed by atoms with E-state index in [4.69, 9.17) is 14.9 Å². The number of hydrogen-bond acceptors (Lipinski definition) is 6. The van der Waals surface area contributed by atoms with Crippen LogP contribution in [0.2, 0.25) is 0 Å². The summed E-state index contributed by atoms with van der Waals surface area (Å²) in [5, 5.41) is 22.6. The minimum Gasteiger partial charge on any atom is -0.480 e. The monoisotopic (exact) mass is 855 g/mol. The van der Waals surface area contributed by atoms with Gasteiger partial charge >= 0.3 is 11.9 Å². The second-order valence-electron chi connectivity index (χ2n) is 16.5. The van der Waals surface area contributed by atoms with Gasteiger partial charge in [-0.25, -0.2) is 4.79 Å². The molecule has 350 valence electrons. The van der Waals surface area contributed by atoms with E-state index < -0.39 is 24.5 Å². The molecule has 2 unspecified atom stereocenters. The smallest absolute Gasteiger partial charge is 0.328 e. The van der Waals surface area contributed by atoms with Gasteiger partial charge in [-0.1, -0.05) is 184 Å². The van der Waals surface area contributed by atoms with Gasteiger partial charge in [0.25, 0.3) is 0 Å². The van der Waals surface area contributed by atoms with E-state index in [9.17, 15) is 19.2 Å². The molecule has 0 saturated carbocycles. The Kier molecular flexibility index (Phi) is 43.4. The highest BCUT2D eigenvalue weighted by Crippen LogP contribution is 2.19. The summed E-state index contributed by atoms with van der Waals surface area (Å²) < 4.78 is 6.04. The highest BCUT2D eigenvalue weighted by molar-refractivity contribution is 5.87. The number of amides is 2. The quantitative estimate of drug-likeness (QED) is 0.0271. The Morgan fingerprint density at radius 3 is 1.41 bits per heavy atom. The molecular formula is C52H90N2O7. The van der Waals surface area contributed by atoms with Gasteiger partial charge in [0, 0.05) is 12.8 Å². The first-order valence-electron chi connectivity index (χ1n) is 24.7. The van der Waals surface area contributed by atoms with Crippen LogP contribution < -0.4 is 10.6 Å². The zero-order valence-electron chi connectivity index (χ0n) is 38.9. The fourth-order valence-corrected chi connectivity index (χ4v) is 7.04. The number of nitrogens with one attached hydrogen (secondary N) is 2. The predicted molar refractivity (Wildman–Crippen MR) is 254 cm³/mol. The molecule has 0 spiro atoms. The Hall–Kier alpha value is -3.46. The summed E-state index contributed by atoms with van der Waals surface area (Å²) >= 11 is 0. The fraction of sp³-hybridized carbons (Fsp3) is 0.731. The molecule has 0 heterocycles. The molecule has 2 amide bonds. The number of unbranched alkanes of at least 4 members (excludes halogenated alkanes) is 20. The number of aliphatic hydroxyl groups is 1. The van der Waals surface area contributed by atoms with Crippen LogP contribution in [0.3, 0.4) is 0 Å². The largest absolute Gasteiger partial charge is 0.480 e. The molecule has 0 aliphatic carbocycles. The highest BCUT2D eigenvalue weighted by atomic mass is 16.5. The summed E-state index contributed by atoms with van der Waals surface area (Å²) in [6.45, 7) is 3.37.